The minimum absolute atomic E-state index is 0.277. The van der Waals surface area contributed by atoms with Crippen molar-refractivity contribution in [3.05, 3.63) is 0 Å². The fourth-order valence-corrected chi connectivity index (χ4v) is 1.96. The van der Waals surface area contributed by atoms with Crippen LogP contribution in [0, 0.1) is 0 Å². The van der Waals surface area contributed by atoms with Gasteiger partial charge in [0, 0.05) is 13.1 Å². The molecule has 0 spiro atoms. The maximum Gasteiger partial charge on any atom is 0.309 e. The molecule has 0 aliphatic heterocycles. The zero-order valence-corrected chi connectivity index (χ0v) is 9.95. The van der Waals surface area contributed by atoms with Crippen molar-refractivity contribution in [3.63, 3.8) is 0 Å². The van der Waals surface area contributed by atoms with Gasteiger partial charge in [0.15, 0.2) is 0 Å². The molecule has 5 N–H and O–H groups in total. The predicted molar refractivity (Wildman–Crippen MR) is 63.1 cm³/mol. The molecule has 0 heterocycles. The molecule has 1 fully saturated rings. The molecule has 6 heteroatoms. The van der Waals surface area contributed by atoms with E-state index in [9.17, 15) is 14.7 Å². The number of aliphatic hydroxyl groups is 1. The third-order valence-corrected chi connectivity index (χ3v) is 2.93. The van der Waals surface area contributed by atoms with Gasteiger partial charge in [0.1, 0.15) is 0 Å². The summed E-state index contributed by atoms with van der Waals surface area (Å²) in [6.45, 7) is 0.574. The van der Waals surface area contributed by atoms with Crippen molar-refractivity contribution < 1.29 is 14.7 Å². The zero-order chi connectivity index (χ0) is 12.7. The summed E-state index contributed by atoms with van der Waals surface area (Å²) in [5.74, 6) is -1.38. The summed E-state index contributed by atoms with van der Waals surface area (Å²) in [6.07, 6.45) is 3.83. The highest BCUT2D eigenvalue weighted by Gasteiger charge is 2.25. The van der Waals surface area contributed by atoms with Gasteiger partial charge in [-0.25, -0.2) is 0 Å². The fraction of sp³-hybridized carbons (Fsp3) is 0.818. The van der Waals surface area contributed by atoms with Crippen molar-refractivity contribution in [3.8, 4) is 0 Å². The van der Waals surface area contributed by atoms with E-state index in [1.807, 2.05) is 0 Å². The Hall–Kier alpha value is -1.14. The van der Waals surface area contributed by atoms with Crippen LogP contribution in [0.3, 0.4) is 0 Å². The smallest absolute Gasteiger partial charge is 0.309 e. The monoisotopic (exact) mass is 243 g/mol. The third kappa shape index (κ3) is 4.70. The summed E-state index contributed by atoms with van der Waals surface area (Å²) in [4.78, 5) is 22.8. The van der Waals surface area contributed by atoms with Crippen LogP contribution in [-0.2, 0) is 9.59 Å². The molecular formula is C11H21N3O3. The SMILES string of the molecule is NCCNC(=O)C(=O)NC1CCCCCC1O. The summed E-state index contributed by atoms with van der Waals surface area (Å²) in [5.41, 5.74) is 5.22. The van der Waals surface area contributed by atoms with Crippen LogP contribution in [0.5, 0.6) is 0 Å². The zero-order valence-electron chi connectivity index (χ0n) is 9.95. The number of carbonyl (C=O) groups is 2. The van der Waals surface area contributed by atoms with Crippen LogP contribution in [0.4, 0.5) is 0 Å². The molecule has 0 bridgehead atoms. The molecule has 98 valence electrons. The van der Waals surface area contributed by atoms with Gasteiger partial charge in [-0.1, -0.05) is 19.3 Å². The summed E-state index contributed by atoms with van der Waals surface area (Å²) < 4.78 is 0. The first-order valence-electron chi connectivity index (χ1n) is 6.12. The van der Waals surface area contributed by atoms with Gasteiger partial charge in [-0.2, -0.15) is 0 Å². The quantitative estimate of drug-likeness (QED) is 0.372. The minimum atomic E-state index is -0.690. The van der Waals surface area contributed by atoms with Crippen LogP contribution in [-0.4, -0.2) is 42.2 Å². The van der Waals surface area contributed by atoms with Crippen LogP contribution in [0.2, 0.25) is 0 Å². The third-order valence-electron chi connectivity index (χ3n) is 2.93. The summed E-state index contributed by atoms with van der Waals surface area (Å²) in [7, 11) is 0. The van der Waals surface area contributed by atoms with Gasteiger partial charge in [0.05, 0.1) is 12.1 Å². The average molecular weight is 243 g/mol. The first-order valence-corrected chi connectivity index (χ1v) is 6.12. The van der Waals surface area contributed by atoms with Crippen molar-refractivity contribution in [2.75, 3.05) is 13.1 Å². The van der Waals surface area contributed by atoms with E-state index < -0.39 is 17.9 Å². The highest BCUT2D eigenvalue weighted by molar-refractivity contribution is 6.35. The van der Waals surface area contributed by atoms with Crippen molar-refractivity contribution >= 4 is 11.8 Å². The molecule has 2 unspecified atom stereocenters. The molecular weight excluding hydrogens is 222 g/mol. The van der Waals surface area contributed by atoms with Crippen LogP contribution in [0.1, 0.15) is 32.1 Å². The Bertz CT molecular complexity index is 271. The lowest BCUT2D eigenvalue weighted by molar-refractivity contribution is -0.140. The van der Waals surface area contributed by atoms with E-state index in [2.05, 4.69) is 10.6 Å². The molecule has 1 saturated carbocycles. The molecule has 2 amide bonds. The summed E-state index contributed by atoms with van der Waals surface area (Å²) in [5, 5.41) is 14.8. The topological polar surface area (TPSA) is 104 Å². The first-order chi connectivity index (χ1) is 8.15. The van der Waals surface area contributed by atoms with Gasteiger partial charge in [0.2, 0.25) is 0 Å². The maximum atomic E-state index is 11.5. The molecule has 0 aromatic rings. The number of hydrogen-bond donors (Lipinski definition) is 4. The van der Waals surface area contributed by atoms with E-state index in [0.29, 0.717) is 13.0 Å². The van der Waals surface area contributed by atoms with Gasteiger partial charge in [0.25, 0.3) is 0 Å². The number of carbonyl (C=O) groups excluding carboxylic acids is 2. The molecule has 2 atom stereocenters. The van der Waals surface area contributed by atoms with Crippen molar-refractivity contribution in [1.82, 2.24) is 10.6 Å². The van der Waals surface area contributed by atoms with Gasteiger partial charge in [-0.3, -0.25) is 9.59 Å². The van der Waals surface area contributed by atoms with Gasteiger partial charge >= 0.3 is 11.8 Å². The Morgan fingerprint density at radius 3 is 2.59 bits per heavy atom. The van der Waals surface area contributed by atoms with Crippen molar-refractivity contribution in [2.45, 2.75) is 44.2 Å². The highest BCUT2D eigenvalue weighted by Crippen LogP contribution is 2.17. The molecule has 1 rings (SSSR count). The molecule has 17 heavy (non-hydrogen) atoms. The lowest BCUT2D eigenvalue weighted by atomic mass is 10.1. The fourth-order valence-electron chi connectivity index (χ4n) is 1.96. The second-order valence-electron chi connectivity index (χ2n) is 4.33. The number of rotatable bonds is 3. The van der Waals surface area contributed by atoms with Crippen molar-refractivity contribution in [2.24, 2.45) is 5.73 Å². The highest BCUT2D eigenvalue weighted by atomic mass is 16.3. The van der Waals surface area contributed by atoms with E-state index >= 15 is 0 Å². The molecule has 0 aromatic carbocycles. The number of nitrogens with two attached hydrogens (primary N) is 1. The molecule has 0 radical (unpaired) electrons. The molecule has 0 aromatic heterocycles. The van der Waals surface area contributed by atoms with Crippen LogP contribution in [0.15, 0.2) is 0 Å². The van der Waals surface area contributed by atoms with E-state index in [1.54, 1.807) is 0 Å². The Labute approximate surface area is 101 Å². The summed E-state index contributed by atoms with van der Waals surface area (Å²) >= 11 is 0. The standard InChI is InChI=1S/C11H21N3O3/c12-6-7-13-10(16)11(17)14-8-4-2-1-3-5-9(8)15/h8-9,15H,1-7,12H2,(H,13,16)(H,14,17). The maximum absolute atomic E-state index is 11.5. The van der Waals surface area contributed by atoms with Crippen LogP contribution < -0.4 is 16.4 Å². The lowest BCUT2D eigenvalue weighted by Crippen LogP contribution is -2.49. The second-order valence-corrected chi connectivity index (χ2v) is 4.33. The average Bonchev–Trinajstić information content (AvgIpc) is 2.52. The van der Waals surface area contributed by atoms with Gasteiger partial charge in [-0.15, -0.1) is 0 Å². The molecule has 1 aliphatic carbocycles. The Kier molecular flexibility index (Phi) is 5.93. The largest absolute Gasteiger partial charge is 0.391 e. The number of hydrogen-bond acceptors (Lipinski definition) is 4. The molecule has 0 saturated heterocycles. The second kappa shape index (κ2) is 7.24. The molecule has 6 nitrogen and oxygen atoms in total. The minimum Gasteiger partial charge on any atom is -0.391 e. The van der Waals surface area contributed by atoms with E-state index in [4.69, 9.17) is 5.73 Å². The van der Waals surface area contributed by atoms with E-state index in [1.165, 1.54) is 0 Å². The number of aliphatic hydroxyl groups excluding tert-OH is 1. The van der Waals surface area contributed by atoms with Crippen LogP contribution in [0.25, 0.3) is 0 Å². The normalized spacial score (nSPS) is 24.8. The Balaban J connectivity index is 2.40. The molecule has 1 aliphatic rings. The number of amides is 2. The first kappa shape index (κ1) is 13.9. The van der Waals surface area contributed by atoms with Crippen molar-refractivity contribution in [1.29, 1.82) is 0 Å². The predicted octanol–water partition coefficient (Wildman–Crippen LogP) is -1.13. The lowest BCUT2D eigenvalue weighted by Gasteiger charge is -2.21. The van der Waals surface area contributed by atoms with Gasteiger partial charge < -0.3 is 21.5 Å². The van der Waals surface area contributed by atoms with E-state index in [-0.39, 0.29) is 12.6 Å². The Morgan fingerprint density at radius 1 is 1.18 bits per heavy atom. The number of nitrogens with one attached hydrogen (secondary N) is 2. The summed E-state index contributed by atoms with van der Waals surface area (Å²) in [6, 6.07) is -0.311. The van der Waals surface area contributed by atoms with Gasteiger partial charge in [-0.05, 0) is 12.8 Å². The van der Waals surface area contributed by atoms with Crippen LogP contribution >= 0.6 is 0 Å². The Morgan fingerprint density at radius 2 is 1.88 bits per heavy atom. The van der Waals surface area contributed by atoms with E-state index in [0.717, 1.165) is 25.7 Å².